The van der Waals surface area contributed by atoms with Gasteiger partial charge in [-0.05, 0) is 37.6 Å². The molecule has 1 aliphatic heterocycles. The summed E-state index contributed by atoms with van der Waals surface area (Å²) >= 11 is 5.84. The molecule has 1 aromatic rings. The zero-order valence-corrected chi connectivity index (χ0v) is 14.9. The van der Waals surface area contributed by atoms with E-state index in [0.717, 1.165) is 5.56 Å². The predicted octanol–water partition coefficient (Wildman–Crippen LogP) is 2.02. The van der Waals surface area contributed by atoms with Crippen LogP contribution in [-0.2, 0) is 9.59 Å². The summed E-state index contributed by atoms with van der Waals surface area (Å²) in [5, 5.41) is 3.56. The van der Waals surface area contributed by atoms with Gasteiger partial charge in [-0.2, -0.15) is 0 Å². The monoisotopic (exact) mass is 349 g/mol. The average Bonchev–Trinajstić information content (AvgIpc) is 2.54. The van der Waals surface area contributed by atoms with Crippen molar-refractivity contribution in [1.29, 1.82) is 0 Å². The van der Waals surface area contributed by atoms with Crippen LogP contribution in [0, 0.1) is 0 Å². The van der Waals surface area contributed by atoms with Crippen LogP contribution >= 0.6 is 11.6 Å². The number of nitrogens with one attached hydrogen (secondary N) is 1. The van der Waals surface area contributed by atoms with Crippen molar-refractivity contribution in [3.63, 3.8) is 0 Å². The fourth-order valence-electron chi connectivity index (χ4n) is 2.54. The molecule has 1 heterocycles. The minimum Gasteiger partial charge on any atom is -0.353 e. The van der Waals surface area contributed by atoms with Gasteiger partial charge in [-0.15, -0.1) is 0 Å². The molecule has 0 unspecified atom stereocenters. The Morgan fingerprint density at radius 2 is 1.79 bits per heavy atom. The first-order chi connectivity index (χ1) is 11.4. The van der Waals surface area contributed by atoms with E-state index in [1.165, 1.54) is 0 Å². The maximum absolute atomic E-state index is 12.2. The summed E-state index contributed by atoms with van der Waals surface area (Å²) in [6.07, 6.45) is 3.38. The van der Waals surface area contributed by atoms with Gasteiger partial charge in [0.05, 0.1) is 6.54 Å². The highest BCUT2D eigenvalue weighted by Crippen LogP contribution is 2.11. The first-order valence-electron chi connectivity index (χ1n) is 8.18. The van der Waals surface area contributed by atoms with Gasteiger partial charge >= 0.3 is 0 Å². The van der Waals surface area contributed by atoms with Crippen molar-refractivity contribution in [2.45, 2.75) is 19.9 Å². The molecule has 2 rings (SSSR count). The van der Waals surface area contributed by atoms with Gasteiger partial charge in [-0.3, -0.25) is 14.5 Å². The van der Waals surface area contributed by atoms with Crippen LogP contribution in [0.1, 0.15) is 19.4 Å². The van der Waals surface area contributed by atoms with Gasteiger partial charge in [0, 0.05) is 43.3 Å². The van der Waals surface area contributed by atoms with Crippen LogP contribution in [-0.4, -0.2) is 60.4 Å². The van der Waals surface area contributed by atoms with E-state index in [-0.39, 0.29) is 17.9 Å². The Hall–Kier alpha value is -1.85. The molecule has 0 bridgehead atoms. The SMILES string of the molecule is CC(C)NC(=O)CN1CCN(C(=O)/C=C/c2ccc(Cl)cc2)CC1. The number of carbonyl (C=O) groups is 2. The summed E-state index contributed by atoms with van der Waals surface area (Å²) in [5.74, 6) is 0.0312. The van der Waals surface area contributed by atoms with Crippen molar-refractivity contribution in [2.24, 2.45) is 0 Å². The molecule has 24 heavy (non-hydrogen) atoms. The second kappa shape index (κ2) is 8.85. The molecule has 1 aliphatic rings. The quantitative estimate of drug-likeness (QED) is 0.827. The Bertz CT molecular complexity index is 591. The first-order valence-corrected chi connectivity index (χ1v) is 8.56. The number of piperazine rings is 1. The number of hydrogen-bond donors (Lipinski definition) is 1. The molecular weight excluding hydrogens is 326 g/mol. The highest BCUT2D eigenvalue weighted by Gasteiger charge is 2.21. The van der Waals surface area contributed by atoms with Crippen LogP contribution in [0.15, 0.2) is 30.3 Å². The van der Waals surface area contributed by atoms with E-state index in [1.54, 1.807) is 24.3 Å². The molecule has 0 aromatic heterocycles. The van der Waals surface area contributed by atoms with E-state index in [4.69, 9.17) is 11.6 Å². The standard InChI is InChI=1S/C18H24ClN3O2/c1-14(2)20-17(23)13-21-9-11-22(12-10-21)18(24)8-5-15-3-6-16(19)7-4-15/h3-8,14H,9-13H2,1-2H3,(H,20,23)/b8-5+. The second-order valence-electron chi connectivity index (χ2n) is 6.21. The summed E-state index contributed by atoms with van der Waals surface area (Å²) < 4.78 is 0. The Morgan fingerprint density at radius 3 is 2.38 bits per heavy atom. The summed E-state index contributed by atoms with van der Waals surface area (Å²) in [7, 11) is 0. The topological polar surface area (TPSA) is 52.7 Å². The van der Waals surface area contributed by atoms with Crippen LogP contribution in [0.4, 0.5) is 0 Å². The van der Waals surface area contributed by atoms with Crippen LogP contribution in [0.5, 0.6) is 0 Å². The molecule has 0 radical (unpaired) electrons. The Labute approximate surface area is 148 Å². The second-order valence-corrected chi connectivity index (χ2v) is 6.64. The predicted molar refractivity (Wildman–Crippen MR) is 96.8 cm³/mol. The number of benzene rings is 1. The lowest BCUT2D eigenvalue weighted by atomic mass is 10.2. The van der Waals surface area contributed by atoms with Gasteiger partial charge in [-0.25, -0.2) is 0 Å². The van der Waals surface area contributed by atoms with E-state index in [2.05, 4.69) is 10.2 Å². The summed E-state index contributed by atoms with van der Waals surface area (Å²) in [6, 6.07) is 7.49. The smallest absolute Gasteiger partial charge is 0.246 e. The Morgan fingerprint density at radius 1 is 1.17 bits per heavy atom. The number of carbonyl (C=O) groups excluding carboxylic acids is 2. The van der Waals surface area contributed by atoms with Crippen molar-refractivity contribution in [3.05, 3.63) is 40.9 Å². The third-order valence-corrected chi connectivity index (χ3v) is 4.04. The number of amides is 2. The molecule has 0 aliphatic carbocycles. The summed E-state index contributed by atoms with van der Waals surface area (Å²) in [5.41, 5.74) is 0.941. The minimum atomic E-state index is -0.00349. The van der Waals surface area contributed by atoms with Gasteiger partial charge in [0.15, 0.2) is 0 Å². The molecule has 0 saturated carbocycles. The summed E-state index contributed by atoms with van der Waals surface area (Å²) in [6.45, 7) is 6.99. The molecule has 1 saturated heterocycles. The molecule has 2 amide bonds. The van der Waals surface area contributed by atoms with E-state index >= 15 is 0 Å². The van der Waals surface area contributed by atoms with Crippen molar-refractivity contribution in [2.75, 3.05) is 32.7 Å². The summed E-state index contributed by atoms with van der Waals surface area (Å²) in [4.78, 5) is 27.9. The van der Waals surface area contributed by atoms with Gasteiger partial charge in [0.1, 0.15) is 0 Å². The van der Waals surface area contributed by atoms with Crippen LogP contribution < -0.4 is 5.32 Å². The molecule has 5 nitrogen and oxygen atoms in total. The molecule has 1 fully saturated rings. The van der Waals surface area contributed by atoms with E-state index in [1.807, 2.05) is 30.9 Å². The molecular formula is C18H24ClN3O2. The number of nitrogens with zero attached hydrogens (tertiary/aromatic N) is 2. The lowest BCUT2D eigenvalue weighted by molar-refractivity contribution is -0.128. The zero-order chi connectivity index (χ0) is 17.5. The maximum Gasteiger partial charge on any atom is 0.246 e. The van der Waals surface area contributed by atoms with E-state index in [0.29, 0.717) is 37.7 Å². The minimum absolute atomic E-state index is 0.00349. The highest BCUT2D eigenvalue weighted by atomic mass is 35.5. The Balaban J connectivity index is 1.78. The van der Waals surface area contributed by atoms with Gasteiger partial charge in [0.2, 0.25) is 11.8 Å². The van der Waals surface area contributed by atoms with Crippen LogP contribution in [0.3, 0.4) is 0 Å². The van der Waals surface area contributed by atoms with Crippen molar-refractivity contribution in [1.82, 2.24) is 15.1 Å². The van der Waals surface area contributed by atoms with E-state index < -0.39 is 0 Å². The van der Waals surface area contributed by atoms with Crippen molar-refractivity contribution in [3.8, 4) is 0 Å². The third-order valence-electron chi connectivity index (χ3n) is 3.79. The molecule has 0 atom stereocenters. The largest absolute Gasteiger partial charge is 0.353 e. The van der Waals surface area contributed by atoms with E-state index in [9.17, 15) is 9.59 Å². The third kappa shape index (κ3) is 5.98. The first kappa shape index (κ1) is 18.5. The highest BCUT2D eigenvalue weighted by molar-refractivity contribution is 6.30. The molecule has 1 aromatic carbocycles. The fourth-order valence-corrected chi connectivity index (χ4v) is 2.67. The zero-order valence-electron chi connectivity index (χ0n) is 14.2. The number of hydrogen-bond acceptors (Lipinski definition) is 3. The average molecular weight is 350 g/mol. The number of rotatable bonds is 5. The van der Waals surface area contributed by atoms with Crippen molar-refractivity contribution >= 4 is 29.5 Å². The van der Waals surface area contributed by atoms with Gasteiger partial charge in [-0.1, -0.05) is 23.7 Å². The lowest BCUT2D eigenvalue weighted by Gasteiger charge is -2.33. The molecule has 1 N–H and O–H groups in total. The number of halogens is 1. The van der Waals surface area contributed by atoms with Crippen LogP contribution in [0.25, 0.3) is 6.08 Å². The fraction of sp³-hybridized carbons (Fsp3) is 0.444. The normalized spacial score (nSPS) is 15.9. The van der Waals surface area contributed by atoms with Crippen molar-refractivity contribution < 1.29 is 9.59 Å². The molecule has 0 spiro atoms. The van der Waals surface area contributed by atoms with Gasteiger partial charge < -0.3 is 10.2 Å². The molecule has 6 heteroatoms. The van der Waals surface area contributed by atoms with Gasteiger partial charge in [0.25, 0.3) is 0 Å². The lowest BCUT2D eigenvalue weighted by Crippen LogP contribution is -2.51. The Kier molecular flexibility index (Phi) is 6.82. The maximum atomic E-state index is 12.2. The van der Waals surface area contributed by atoms with Crippen LogP contribution in [0.2, 0.25) is 5.02 Å². The molecule has 130 valence electrons.